The molecule has 3 N–H and O–H groups in total. The summed E-state index contributed by atoms with van der Waals surface area (Å²) in [5.41, 5.74) is 6.01. The number of nitrogens with one attached hydrogen (secondary N) is 1. The zero-order valence-electron chi connectivity index (χ0n) is 14.9. The molecule has 1 aromatic carbocycles. The van der Waals surface area contributed by atoms with Crippen LogP contribution in [0.3, 0.4) is 0 Å². The summed E-state index contributed by atoms with van der Waals surface area (Å²) in [5.74, 6) is 1.02. The highest BCUT2D eigenvalue weighted by molar-refractivity contribution is 5.95. The van der Waals surface area contributed by atoms with Crippen molar-refractivity contribution in [3.8, 4) is 11.5 Å². The van der Waals surface area contributed by atoms with Gasteiger partial charge in [-0.05, 0) is 37.5 Å². The smallest absolute Gasteiger partial charge is 0.251 e. The van der Waals surface area contributed by atoms with Gasteiger partial charge in [-0.2, -0.15) is 0 Å². The molecule has 1 unspecified atom stereocenters. The number of amides is 1. The van der Waals surface area contributed by atoms with Gasteiger partial charge in [0.25, 0.3) is 5.91 Å². The van der Waals surface area contributed by atoms with Crippen molar-refractivity contribution in [1.82, 2.24) is 5.32 Å². The van der Waals surface area contributed by atoms with E-state index in [9.17, 15) is 4.79 Å². The Kier molecular flexibility index (Phi) is 5.81. The lowest BCUT2D eigenvalue weighted by molar-refractivity contribution is -0.0246. The Morgan fingerprint density at radius 1 is 1.32 bits per heavy atom. The van der Waals surface area contributed by atoms with Crippen LogP contribution in [0.5, 0.6) is 11.5 Å². The van der Waals surface area contributed by atoms with Gasteiger partial charge in [0, 0.05) is 12.1 Å². The topological polar surface area (TPSA) is 82.8 Å². The predicted molar refractivity (Wildman–Crippen MR) is 95.2 cm³/mol. The number of methoxy groups -OCH3 is 1. The fourth-order valence-electron chi connectivity index (χ4n) is 3.85. The summed E-state index contributed by atoms with van der Waals surface area (Å²) in [5, 5.41) is 3.10. The Balaban J connectivity index is 1.61. The highest BCUT2D eigenvalue weighted by Crippen LogP contribution is 2.39. The molecule has 1 atom stereocenters. The van der Waals surface area contributed by atoms with Crippen LogP contribution in [0.15, 0.2) is 18.2 Å². The van der Waals surface area contributed by atoms with Gasteiger partial charge in [-0.1, -0.05) is 19.3 Å². The van der Waals surface area contributed by atoms with Gasteiger partial charge >= 0.3 is 0 Å². The molecule has 1 aliphatic heterocycles. The lowest BCUT2D eigenvalue weighted by Gasteiger charge is -2.32. The molecule has 138 valence electrons. The first-order chi connectivity index (χ1) is 12.2. The zero-order chi connectivity index (χ0) is 17.7. The van der Waals surface area contributed by atoms with Gasteiger partial charge in [-0.3, -0.25) is 4.79 Å². The van der Waals surface area contributed by atoms with Crippen LogP contribution in [0.2, 0.25) is 0 Å². The maximum absolute atomic E-state index is 12.6. The van der Waals surface area contributed by atoms with Crippen molar-refractivity contribution >= 4 is 5.91 Å². The second-order valence-corrected chi connectivity index (χ2v) is 6.93. The van der Waals surface area contributed by atoms with Gasteiger partial charge in [-0.15, -0.1) is 0 Å². The van der Waals surface area contributed by atoms with Crippen LogP contribution in [-0.4, -0.2) is 44.4 Å². The molecule has 0 aromatic heterocycles. The summed E-state index contributed by atoms with van der Waals surface area (Å²) < 4.78 is 16.9. The summed E-state index contributed by atoms with van der Waals surface area (Å²) in [6.45, 7) is 1.43. The molecule has 1 heterocycles. The quantitative estimate of drug-likeness (QED) is 0.824. The maximum Gasteiger partial charge on any atom is 0.251 e. The van der Waals surface area contributed by atoms with Crippen molar-refractivity contribution in [3.63, 3.8) is 0 Å². The highest BCUT2D eigenvalue weighted by Gasteiger charge is 2.41. The molecule has 2 aliphatic rings. The van der Waals surface area contributed by atoms with E-state index in [1.807, 2.05) is 0 Å². The van der Waals surface area contributed by atoms with Crippen LogP contribution in [-0.2, 0) is 4.74 Å². The number of ether oxygens (including phenoxy) is 3. The first-order valence-corrected chi connectivity index (χ1v) is 9.11. The van der Waals surface area contributed by atoms with Gasteiger partial charge in [0.1, 0.15) is 6.61 Å². The van der Waals surface area contributed by atoms with E-state index in [4.69, 9.17) is 19.9 Å². The molecule has 1 spiro atoms. The fourth-order valence-corrected chi connectivity index (χ4v) is 3.85. The lowest BCUT2D eigenvalue weighted by Crippen LogP contribution is -2.37. The summed E-state index contributed by atoms with van der Waals surface area (Å²) >= 11 is 0. The highest BCUT2D eigenvalue weighted by atomic mass is 16.5. The summed E-state index contributed by atoms with van der Waals surface area (Å²) in [7, 11) is 1.56. The number of hydrogen-bond donors (Lipinski definition) is 2. The Bertz CT molecular complexity index is 599. The largest absolute Gasteiger partial charge is 0.493 e. The molecule has 2 fully saturated rings. The molecular weight excluding hydrogens is 320 g/mol. The van der Waals surface area contributed by atoms with Crippen LogP contribution in [0.25, 0.3) is 0 Å². The molecule has 6 nitrogen and oxygen atoms in total. The minimum absolute atomic E-state index is 0.00614. The predicted octanol–water partition coefficient (Wildman–Crippen LogP) is 2.25. The second kappa shape index (κ2) is 8.06. The van der Waals surface area contributed by atoms with Crippen molar-refractivity contribution in [3.05, 3.63) is 23.8 Å². The maximum atomic E-state index is 12.6. The van der Waals surface area contributed by atoms with Crippen LogP contribution < -0.4 is 20.5 Å². The van der Waals surface area contributed by atoms with E-state index in [1.54, 1.807) is 25.3 Å². The van der Waals surface area contributed by atoms with E-state index >= 15 is 0 Å². The Morgan fingerprint density at radius 3 is 2.84 bits per heavy atom. The molecular formula is C19H28N2O4. The number of hydrogen-bond acceptors (Lipinski definition) is 5. The van der Waals surface area contributed by atoms with Gasteiger partial charge in [-0.25, -0.2) is 0 Å². The molecule has 1 aromatic rings. The number of carbonyl (C=O) groups excluding carboxylic acids is 1. The monoisotopic (exact) mass is 348 g/mol. The Hall–Kier alpha value is -1.79. The van der Waals surface area contributed by atoms with Crippen molar-refractivity contribution < 1.29 is 19.0 Å². The SMILES string of the molecule is COc1cc(C(=O)NC2COC3(CCCCC3)C2)ccc1OCCN. The summed E-state index contributed by atoms with van der Waals surface area (Å²) in [6.07, 6.45) is 6.87. The van der Waals surface area contributed by atoms with Gasteiger partial charge in [0.15, 0.2) is 11.5 Å². The van der Waals surface area contributed by atoms with Gasteiger partial charge in [0.05, 0.1) is 25.4 Å². The third-order valence-electron chi connectivity index (χ3n) is 5.11. The molecule has 0 bridgehead atoms. The molecule has 25 heavy (non-hydrogen) atoms. The molecule has 1 aliphatic carbocycles. The first-order valence-electron chi connectivity index (χ1n) is 9.11. The van der Waals surface area contributed by atoms with E-state index in [-0.39, 0.29) is 17.6 Å². The summed E-state index contributed by atoms with van der Waals surface area (Å²) in [4.78, 5) is 12.6. The molecule has 1 saturated heterocycles. The minimum Gasteiger partial charge on any atom is -0.493 e. The van der Waals surface area contributed by atoms with Crippen LogP contribution in [0.4, 0.5) is 0 Å². The normalized spacial score (nSPS) is 21.9. The molecule has 3 rings (SSSR count). The van der Waals surface area contributed by atoms with Gasteiger partial charge < -0.3 is 25.3 Å². The number of rotatable bonds is 6. The van der Waals surface area contributed by atoms with E-state index < -0.39 is 0 Å². The van der Waals surface area contributed by atoms with Crippen molar-refractivity contribution in [2.75, 3.05) is 26.9 Å². The van der Waals surface area contributed by atoms with E-state index in [1.165, 1.54) is 19.3 Å². The molecule has 0 radical (unpaired) electrons. The minimum atomic E-state index is -0.106. The van der Waals surface area contributed by atoms with Crippen LogP contribution >= 0.6 is 0 Å². The Morgan fingerprint density at radius 2 is 2.12 bits per heavy atom. The van der Waals surface area contributed by atoms with E-state index in [2.05, 4.69) is 5.32 Å². The van der Waals surface area contributed by atoms with E-state index in [0.29, 0.717) is 36.8 Å². The standard InChI is InChI=1S/C19H28N2O4/c1-23-17-11-14(5-6-16(17)24-10-9-20)18(22)21-15-12-19(25-13-15)7-3-2-4-8-19/h5-6,11,15H,2-4,7-10,12-13,20H2,1H3,(H,21,22). The second-order valence-electron chi connectivity index (χ2n) is 6.93. The number of carbonyl (C=O) groups is 1. The fraction of sp³-hybridized carbons (Fsp3) is 0.632. The number of benzene rings is 1. The molecule has 1 amide bonds. The van der Waals surface area contributed by atoms with E-state index in [0.717, 1.165) is 19.3 Å². The third-order valence-corrected chi connectivity index (χ3v) is 5.11. The summed E-state index contributed by atoms with van der Waals surface area (Å²) in [6, 6.07) is 5.27. The lowest BCUT2D eigenvalue weighted by atomic mass is 9.82. The molecule has 1 saturated carbocycles. The molecule has 6 heteroatoms. The zero-order valence-corrected chi connectivity index (χ0v) is 14.9. The number of nitrogens with two attached hydrogens (primary N) is 1. The van der Waals surface area contributed by atoms with Crippen LogP contribution in [0.1, 0.15) is 48.9 Å². The van der Waals surface area contributed by atoms with Crippen LogP contribution in [0, 0.1) is 0 Å². The third kappa shape index (κ3) is 4.25. The van der Waals surface area contributed by atoms with Crippen molar-refractivity contribution in [1.29, 1.82) is 0 Å². The van der Waals surface area contributed by atoms with Crippen molar-refractivity contribution in [2.45, 2.75) is 50.2 Å². The average molecular weight is 348 g/mol. The van der Waals surface area contributed by atoms with Crippen molar-refractivity contribution in [2.24, 2.45) is 5.73 Å². The average Bonchev–Trinajstić information content (AvgIpc) is 3.02. The Labute approximate surface area is 149 Å². The first kappa shape index (κ1) is 18.0. The van der Waals surface area contributed by atoms with Gasteiger partial charge in [0.2, 0.25) is 0 Å².